The lowest BCUT2D eigenvalue weighted by molar-refractivity contribution is -0.119. The van der Waals surface area contributed by atoms with Crippen LogP contribution in [0.2, 0.25) is 0 Å². The van der Waals surface area contributed by atoms with Gasteiger partial charge in [-0.2, -0.15) is 0 Å². The number of amides is 1. The lowest BCUT2D eigenvalue weighted by atomic mass is 10.2. The van der Waals surface area contributed by atoms with Crippen LogP contribution in [0.3, 0.4) is 0 Å². The van der Waals surface area contributed by atoms with Crippen LogP contribution in [-0.4, -0.2) is 38.0 Å². The first-order valence-corrected chi connectivity index (χ1v) is 5.00. The second-order valence-corrected chi connectivity index (χ2v) is 3.81. The number of aromatic carboxylic acids is 1. The molecule has 1 amide bonds. The molecule has 1 aromatic rings. The number of carbonyl (C=O) groups excluding carboxylic acids is 1. The van der Waals surface area contributed by atoms with Crippen LogP contribution >= 0.6 is 0 Å². The van der Waals surface area contributed by atoms with Crippen molar-refractivity contribution >= 4 is 11.9 Å². The van der Waals surface area contributed by atoms with Crippen LogP contribution in [0.1, 0.15) is 29.0 Å². The van der Waals surface area contributed by atoms with Crippen molar-refractivity contribution in [1.82, 2.24) is 20.3 Å². The Hall–Kier alpha value is -1.92. The Kier molecular flexibility index (Phi) is 2.59. The fourth-order valence-corrected chi connectivity index (χ4v) is 1.75. The molecule has 2 N–H and O–H groups in total. The quantitative estimate of drug-likeness (QED) is 0.725. The third-order valence-corrected chi connectivity index (χ3v) is 2.66. The van der Waals surface area contributed by atoms with Gasteiger partial charge in [0.15, 0.2) is 5.69 Å². The van der Waals surface area contributed by atoms with E-state index in [1.165, 1.54) is 4.68 Å². The normalized spacial score (nSPS) is 19.8. The zero-order chi connectivity index (χ0) is 11.7. The molecule has 7 nitrogen and oxygen atoms in total. The molecule has 0 aromatic carbocycles. The Bertz CT molecular complexity index is 440. The number of aromatic nitrogens is 3. The van der Waals surface area contributed by atoms with Crippen LogP contribution in [0, 0.1) is 6.92 Å². The summed E-state index contributed by atoms with van der Waals surface area (Å²) in [5.41, 5.74) is 0.470. The van der Waals surface area contributed by atoms with Crippen LogP contribution in [0.15, 0.2) is 0 Å². The number of nitrogens with one attached hydrogen (secondary N) is 1. The van der Waals surface area contributed by atoms with Crippen LogP contribution in [0.5, 0.6) is 0 Å². The highest BCUT2D eigenvalue weighted by Gasteiger charge is 2.23. The van der Waals surface area contributed by atoms with Crippen molar-refractivity contribution in [3.8, 4) is 0 Å². The molecule has 0 aliphatic carbocycles. The molecule has 0 radical (unpaired) electrons. The van der Waals surface area contributed by atoms with E-state index < -0.39 is 5.97 Å². The number of nitrogens with zero attached hydrogens (tertiary/aromatic N) is 3. The Morgan fingerprint density at radius 3 is 2.94 bits per heavy atom. The van der Waals surface area contributed by atoms with Gasteiger partial charge in [-0.3, -0.25) is 4.79 Å². The summed E-state index contributed by atoms with van der Waals surface area (Å²) in [6.07, 6.45) is 1.27. The molecule has 1 aliphatic rings. The van der Waals surface area contributed by atoms with E-state index in [2.05, 4.69) is 15.6 Å². The number of hydrogen-bond acceptors (Lipinski definition) is 4. The van der Waals surface area contributed by atoms with Gasteiger partial charge in [-0.05, 0) is 13.3 Å². The largest absolute Gasteiger partial charge is 0.476 e. The number of carbonyl (C=O) groups is 2. The van der Waals surface area contributed by atoms with Gasteiger partial charge in [0, 0.05) is 12.5 Å². The van der Waals surface area contributed by atoms with E-state index in [1.807, 2.05) is 0 Å². The molecule has 2 rings (SSSR count). The van der Waals surface area contributed by atoms with Crippen LogP contribution in [0.25, 0.3) is 0 Å². The molecule has 1 aliphatic heterocycles. The molecular weight excluding hydrogens is 212 g/mol. The van der Waals surface area contributed by atoms with Gasteiger partial charge >= 0.3 is 5.97 Å². The molecule has 0 bridgehead atoms. The summed E-state index contributed by atoms with van der Waals surface area (Å²) in [7, 11) is 0. The number of rotatable bonds is 3. The van der Waals surface area contributed by atoms with Crippen molar-refractivity contribution in [3.63, 3.8) is 0 Å². The van der Waals surface area contributed by atoms with E-state index in [-0.39, 0.29) is 17.6 Å². The summed E-state index contributed by atoms with van der Waals surface area (Å²) < 4.78 is 1.51. The fraction of sp³-hybridized carbons (Fsp3) is 0.556. The van der Waals surface area contributed by atoms with E-state index in [9.17, 15) is 9.59 Å². The van der Waals surface area contributed by atoms with E-state index >= 15 is 0 Å². The first-order valence-electron chi connectivity index (χ1n) is 5.00. The highest BCUT2D eigenvalue weighted by atomic mass is 16.4. The molecule has 1 atom stereocenters. The lowest BCUT2D eigenvalue weighted by Crippen LogP contribution is -2.30. The van der Waals surface area contributed by atoms with Gasteiger partial charge in [-0.15, -0.1) is 5.10 Å². The van der Waals surface area contributed by atoms with Gasteiger partial charge < -0.3 is 10.4 Å². The minimum Gasteiger partial charge on any atom is -0.476 e. The first kappa shape index (κ1) is 10.6. The molecule has 16 heavy (non-hydrogen) atoms. The Morgan fingerprint density at radius 2 is 2.44 bits per heavy atom. The fourth-order valence-electron chi connectivity index (χ4n) is 1.75. The van der Waals surface area contributed by atoms with Gasteiger partial charge in [0.25, 0.3) is 0 Å². The van der Waals surface area contributed by atoms with E-state index in [4.69, 9.17) is 5.11 Å². The van der Waals surface area contributed by atoms with Crippen molar-refractivity contribution in [3.05, 3.63) is 11.4 Å². The summed E-state index contributed by atoms with van der Waals surface area (Å²) in [6, 6.07) is 0.0227. The third-order valence-electron chi connectivity index (χ3n) is 2.66. The average molecular weight is 224 g/mol. The SMILES string of the molecule is Cc1c(C(=O)O)nnn1CC1CCC(=O)N1. The van der Waals surface area contributed by atoms with Crippen molar-refractivity contribution < 1.29 is 14.7 Å². The molecule has 7 heteroatoms. The zero-order valence-corrected chi connectivity index (χ0v) is 8.80. The maximum Gasteiger partial charge on any atom is 0.358 e. The highest BCUT2D eigenvalue weighted by molar-refractivity contribution is 5.86. The van der Waals surface area contributed by atoms with E-state index in [1.54, 1.807) is 6.92 Å². The number of carboxylic acid groups (broad SMARTS) is 1. The monoisotopic (exact) mass is 224 g/mol. The van der Waals surface area contributed by atoms with E-state index in [0.717, 1.165) is 6.42 Å². The Balaban J connectivity index is 2.10. The maximum atomic E-state index is 11.0. The summed E-state index contributed by atoms with van der Waals surface area (Å²) >= 11 is 0. The maximum absolute atomic E-state index is 11.0. The zero-order valence-electron chi connectivity index (χ0n) is 8.80. The smallest absolute Gasteiger partial charge is 0.358 e. The average Bonchev–Trinajstić information content (AvgIpc) is 2.76. The Labute approximate surface area is 91.4 Å². The van der Waals surface area contributed by atoms with Crippen LogP contribution in [0.4, 0.5) is 0 Å². The third kappa shape index (κ3) is 1.88. The van der Waals surface area contributed by atoms with Crippen molar-refractivity contribution in [2.75, 3.05) is 0 Å². The molecule has 86 valence electrons. The number of hydrogen-bond donors (Lipinski definition) is 2. The molecule has 1 unspecified atom stereocenters. The molecule has 0 spiro atoms. The Morgan fingerprint density at radius 1 is 1.69 bits per heavy atom. The first-order chi connectivity index (χ1) is 7.58. The standard InChI is InChI=1S/C9H12N4O3/c1-5-8(9(15)16)11-12-13(5)4-6-2-3-7(14)10-6/h6H,2-4H2,1H3,(H,10,14)(H,15,16). The van der Waals surface area contributed by atoms with Crippen LogP contribution in [-0.2, 0) is 11.3 Å². The second kappa shape index (κ2) is 3.92. The van der Waals surface area contributed by atoms with Gasteiger partial charge in [-0.25, -0.2) is 9.48 Å². The summed E-state index contributed by atoms with van der Waals surface area (Å²) in [4.78, 5) is 21.7. The molecule has 1 fully saturated rings. The lowest BCUT2D eigenvalue weighted by Gasteiger charge is -2.10. The highest BCUT2D eigenvalue weighted by Crippen LogP contribution is 2.11. The minimum atomic E-state index is -1.08. The molecule has 0 saturated carbocycles. The predicted molar refractivity (Wildman–Crippen MR) is 52.9 cm³/mol. The van der Waals surface area contributed by atoms with Gasteiger partial charge in [0.1, 0.15) is 0 Å². The topological polar surface area (TPSA) is 97.1 Å². The van der Waals surface area contributed by atoms with Crippen molar-refractivity contribution in [2.45, 2.75) is 32.4 Å². The van der Waals surface area contributed by atoms with E-state index in [0.29, 0.717) is 18.7 Å². The molecular formula is C9H12N4O3. The number of carboxylic acids is 1. The minimum absolute atomic E-state index is 0.0227. The van der Waals surface area contributed by atoms with Crippen molar-refractivity contribution in [2.24, 2.45) is 0 Å². The summed E-state index contributed by atoms with van der Waals surface area (Å²) in [6.45, 7) is 2.12. The van der Waals surface area contributed by atoms with Gasteiger partial charge in [0.05, 0.1) is 12.2 Å². The van der Waals surface area contributed by atoms with Crippen molar-refractivity contribution in [1.29, 1.82) is 0 Å². The summed E-state index contributed by atoms with van der Waals surface area (Å²) in [5, 5.41) is 18.9. The molecule has 2 heterocycles. The van der Waals surface area contributed by atoms with Gasteiger partial charge in [-0.1, -0.05) is 5.21 Å². The molecule has 1 saturated heterocycles. The molecule has 1 aromatic heterocycles. The summed E-state index contributed by atoms with van der Waals surface area (Å²) in [5.74, 6) is -1.06. The van der Waals surface area contributed by atoms with Gasteiger partial charge in [0.2, 0.25) is 5.91 Å². The van der Waals surface area contributed by atoms with Crippen LogP contribution < -0.4 is 5.32 Å². The second-order valence-electron chi connectivity index (χ2n) is 3.81. The predicted octanol–water partition coefficient (Wildman–Crippen LogP) is -0.437.